The molecule has 3 heteroatoms. The summed E-state index contributed by atoms with van der Waals surface area (Å²) in [6.45, 7) is 4.50. The van der Waals surface area contributed by atoms with Crippen molar-refractivity contribution >= 4 is 16.6 Å². The second-order valence-electron chi connectivity index (χ2n) is 5.08. The highest BCUT2D eigenvalue weighted by Gasteiger charge is 2.21. The molecule has 0 spiro atoms. The lowest BCUT2D eigenvalue weighted by molar-refractivity contribution is 0.476. The van der Waals surface area contributed by atoms with Crippen LogP contribution in [-0.2, 0) is 0 Å². The summed E-state index contributed by atoms with van der Waals surface area (Å²) < 4.78 is 0. The number of anilines is 1. The minimum Gasteiger partial charge on any atom is -0.508 e. The zero-order chi connectivity index (χ0) is 12.5. The topological polar surface area (TPSA) is 36.4 Å². The molecule has 1 atom stereocenters. The number of fused-ring (bicyclic) bond motifs is 1. The van der Waals surface area contributed by atoms with E-state index in [1.807, 2.05) is 12.3 Å². The molecule has 1 aromatic heterocycles. The molecule has 0 saturated carbocycles. The van der Waals surface area contributed by atoms with Crippen molar-refractivity contribution in [3.8, 4) is 5.75 Å². The Labute approximate surface area is 107 Å². The number of hydrogen-bond acceptors (Lipinski definition) is 3. The Morgan fingerprint density at radius 3 is 3.06 bits per heavy atom. The smallest absolute Gasteiger partial charge is 0.116 e. The van der Waals surface area contributed by atoms with Crippen molar-refractivity contribution in [1.29, 1.82) is 0 Å². The van der Waals surface area contributed by atoms with Crippen LogP contribution in [0.15, 0.2) is 30.5 Å². The van der Waals surface area contributed by atoms with Gasteiger partial charge in [0.05, 0.1) is 17.4 Å². The number of aromatic nitrogens is 1. The lowest BCUT2D eigenvalue weighted by Gasteiger charge is -2.18. The number of rotatable bonds is 2. The summed E-state index contributed by atoms with van der Waals surface area (Å²) in [5.74, 6) is 1.11. The summed E-state index contributed by atoms with van der Waals surface area (Å²) in [5, 5.41) is 10.5. The minimum absolute atomic E-state index is 0.300. The second-order valence-corrected chi connectivity index (χ2v) is 5.08. The molecule has 3 nitrogen and oxygen atoms in total. The summed E-state index contributed by atoms with van der Waals surface area (Å²) >= 11 is 0. The lowest BCUT2D eigenvalue weighted by Crippen LogP contribution is -2.19. The maximum atomic E-state index is 9.53. The molecule has 0 amide bonds. The van der Waals surface area contributed by atoms with Crippen LogP contribution < -0.4 is 4.90 Å². The Kier molecular flexibility index (Phi) is 2.82. The Balaban J connectivity index is 1.93. The molecule has 94 valence electrons. The van der Waals surface area contributed by atoms with E-state index in [1.165, 1.54) is 18.5 Å². The number of phenolic OH excluding ortho intramolecular Hbond substituents is 1. The maximum Gasteiger partial charge on any atom is 0.116 e. The average Bonchev–Trinajstić information content (AvgIpc) is 2.86. The van der Waals surface area contributed by atoms with Crippen LogP contribution >= 0.6 is 0 Å². The molecule has 0 aliphatic carbocycles. The number of phenols is 1. The van der Waals surface area contributed by atoms with E-state index in [-0.39, 0.29) is 0 Å². The molecule has 2 heterocycles. The van der Waals surface area contributed by atoms with Crippen LogP contribution in [0.4, 0.5) is 5.69 Å². The molecule has 0 radical (unpaired) electrons. The quantitative estimate of drug-likeness (QED) is 0.878. The van der Waals surface area contributed by atoms with Crippen molar-refractivity contribution in [2.75, 3.05) is 18.0 Å². The molecule has 1 saturated heterocycles. The first-order valence-electron chi connectivity index (χ1n) is 6.60. The van der Waals surface area contributed by atoms with Crippen molar-refractivity contribution in [3.63, 3.8) is 0 Å². The van der Waals surface area contributed by atoms with Gasteiger partial charge in [0.2, 0.25) is 0 Å². The third-order valence-electron chi connectivity index (χ3n) is 3.88. The molecule has 0 bridgehead atoms. The minimum atomic E-state index is 0.300. The first-order valence-corrected chi connectivity index (χ1v) is 6.60. The zero-order valence-corrected chi connectivity index (χ0v) is 10.6. The van der Waals surface area contributed by atoms with Gasteiger partial charge in [-0.1, -0.05) is 13.3 Å². The highest BCUT2D eigenvalue weighted by Crippen LogP contribution is 2.28. The number of aromatic hydroxyl groups is 1. The largest absolute Gasteiger partial charge is 0.508 e. The van der Waals surface area contributed by atoms with E-state index in [0.29, 0.717) is 5.75 Å². The van der Waals surface area contributed by atoms with E-state index < -0.39 is 0 Å². The van der Waals surface area contributed by atoms with Gasteiger partial charge in [0.1, 0.15) is 5.75 Å². The molecule has 1 aromatic carbocycles. The van der Waals surface area contributed by atoms with Gasteiger partial charge in [0.15, 0.2) is 0 Å². The van der Waals surface area contributed by atoms with E-state index in [4.69, 9.17) is 0 Å². The highest BCUT2D eigenvalue weighted by molar-refractivity contribution is 5.83. The van der Waals surface area contributed by atoms with Gasteiger partial charge < -0.3 is 10.0 Å². The molecule has 1 fully saturated rings. The zero-order valence-electron chi connectivity index (χ0n) is 10.6. The monoisotopic (exact) mass is 242 g/mol. The molecular weight excluding hydrogens is 224 g/mol. The van der Waals surface area contributed by atoms with Crippen LogP contribution in [0.5, 0.6) is 5.75 Å². The predicted octanol–water partition coefficient (Wildman–Crippen LogP) is 3.18. The number of pyridine rings is 1. The van der Waals surface area contributed by atoms with Gasteiger partial charge in [0.25, 0.3) is 0 Å². The molecule has 1 unspecified atom stereocenters. The molecule has 1 aliphatic heterocycles. The number of hydrogen-bond donors (Lipinski definition) is 1. The standard InChI is InChI=1S/C15H18N2O/c1-2-11-5-6-17(10-11)13-7-12-8-14(18)3-4-15(12)16-9-13/h3-4,7-9,11,18H,2,5-6,10H2,1H3. The molecule has 1 N–H and O–H groups in total. The van der Waals surface area contributed by atoms with Crippen molar-refractivity contribution < 1.29 is 5.11 Å². The van der Waals surface area contributed by atoms with Gasteiger partial charge in [-0.15, -0.1) is 0 Å². The Morgan fingerprint density at radius 1 is 1.39 bits per heavy atom. The Hall–Kier alpha value is -1.77. The van der Waals surface area contributed by atoms with Crippen LogP contribution in [0, 0.1) is 5.92 Å². The van der Waals surface area contributed by atoms with Gasteiger partial charge in [-0.05, 0) is 36.6 Å². The first-order chi connectivity index (χ1) is 8.76. The van der Waals surface area contributed by atoms with Crippen LogP contribution in [0.3, 0.4) is 0 Å². The Morgan fingerprint density at radius 2 is 2.28 bits per heavy atom. The lowest BCUT2D eigenvalue weighted by atomic mass is 10.1. The fourth-order valence-corrected chi connectivity index (χ4v) is 2.68. The van der Waals surface area contributed by atoms with E-state index in [2.05, 4.69) is 22.9 Å². The second kappa shape index (κ2) is 4.48. The number of nitrogens with zero attached hydrogens (tertiary/aromatic N) is 2. The SMILES string of the molecule is CCC1CCN(c2cnc3ccc(O)cc3c2)C1. The summed E-state index contributed by atoms with van der Waals surface area (Å²) in [5.41, 5.74) is 2.10. The predicted molar refractivity (Wildman–Crippen MR) is 74.0 cm³/mol. The third kappa shape index (κ3) is 2.01. The first kappa shape index (κ1) is 11.3. The van der Waals surface area contributed by atoms with E-state index in [9.17, 15) is 5.11 Å². The molecular formula is C15H18N2O. The van der Waals surface area contributed by atoms with Gasteiger partial charge in [-0.25, -0.2) is 0 Å². The van der Waals surface area contributed by atoms with Crippen LogP contribution in [-0.4, -0.2) is 23.2 Å². The molecule has 3 rings (SSSR count). The summed E-state index contributed by atoms with van der Waals surface area (Å²) in [6, 6.07) is 7.44. The van der Waals surface area contributed by atoms with Gasteiger partial charge in [-0.3, -0.25) is 4.98 Å². The average molecular weight is 242 g/mol. The normalized spacial score (nSPS) is 19.6. The van der Waals surface area contributed by atoms with Gasteiger partial charge >= 0.3 is 0 Å². The van der Waals surface area contributed by atoms with Crippen LogP contribution in [0.2, 0.25) is 0 Å². The van der Waals surface area contributed by atoms with E-state index in [0.717, 1.165) is 29.9 Å². The maximum absolute atomic E-state index is 9.53. The van der Waals surface area contributed by atoms with Crippen molar-refractivity contribution in [2.24, 2.45) is 5.92 Å². The van der Waals surface area contributed by atoms with E-state index >= 15 is 0 Å². The van der Waals surface area contributed by atoms with E-state index in [1.54, 1.807) is 12.1 Å². The summed E-state index contributed by atoms with van der Waals surface area (Å²) in [4.78, 5) is 6.86. The number of benzene rings is 1. The summed E-state index contributed by atoms with van der Waals surface area (Å²) in [7, 11) is 0. The fraction of sp³-hybridized carbons (Fsp3) is 0.400. The molecule has 18 heavy (non-hydrogen) atoms. The Bertz CT molecular complexity index is 567. The fourth-order valence-electron chi connectivity index (χ4n) is 2.68. The summed E-state index contributed by atoms with van der Waals surface area (Å²) in [6.07, 6.45) is 4.46. The third-order valence-corrected chi connectivity index (χ3v) is 3.88. The van der Waals surface area contributed by atoms with Crippen LogP contribution in [0.25, 0.3) is 10.9 Å². The van der Waals surface area contributed by atoms with Gasteiger partial charge in [-0.2, -0.15) is 0 Å². The van der Waals surface area contributed by atoms with Crippen LogP contribution in [0.1, 0.15) is 19.8 Å². The van der Waals surface area contributed by atoms with Crippen molar-refractivity contribution in [3.05, 3.63) is 30.5 Å². The van der Waals surface area contributed by atoms with Crippen molar-refractivity contribution in [1.82, 2.24) is 4.98 Å². The van der Waals surface area contributed by atoms with Gasteiger partial charge in [0, 0.05) is 18.5 Å². The molecule has 1 aliphatic rings. The highest BCUT2D eigenvalue weighted by atomic mass is 16.3. The molecule has 2 aromatic rings. The van der Waals surface area contributed by atoms with Crippen molar-refractivity contribution in [2.45, 2.75) is 19.8 Å².